The molecule has 0 radical (unpaired) electrons. The first-order chi connectivity index (χ1) is 20.4. The van der Waals surface area contributed by atoms with Crippen LogP contribution >= 0.6 is 11.6 Å². The highest BCUT2D eigenvalue weighted by atomic mass is 35.5. The summed E-state index contributed by atoms with van der Waals surface area (Å²) in [5.74, 6) is -3.73. The van der Waals surface area contributed by atoms with Gasteiger partial charge in [0.25, 0.3) is 0 Å². The van der Waals surface area contributed by atoms with Crippen LogP contribution in [-0.4, -0.2) is 82.5 Å². The van der Waals surface area contributed by atoms with Crippen molar-refractivity contribution in [2.75, 3.05) is 32.7 Å². The Kier molecular flexibility index (Phi) is 10.1. The topological polar surface area (TPSA) is 53.1 Å². The van der Waals surface area contributed by atoms with E-state index in [2.05, 4.69) is 25.7 Å². The third kappa shape index (κ3) is 7.60. The lowest BCUT2D eigenvalue weighted by molar-refractivity contribution is -0.163. The van der Waals surface area contributed by atoms with Crippen molar-refractivity contribution in [1.29, 1.82) is 0 Å². The van der Waals surface area contributed by atoms with Crippen molar-refractivity contribution >= 4 is 23.5 Å². The molecule has 0 bridgehead atoms. The van der Waals surface area contributed by atoms with E-state index in [0.29, 0.717) is 43.3 Å². The molecular formula is C34H45ClF3N3O3. The number of amides is 1. The minimum absolute atomic E-state index is 0.0660. The first-order valence-corrected chi connectivity index (χ1v) is 15.7. The maximum atomic E-state index is 15.1. The smallest absolute Gasteiger partial charge is 0.324 e. The Bertz CT molecular complexity index is 1390. The minimum atomic E-state index is -0.967. The SMILES string of the molecule is Cc1ccc(C[C@@H](C(=O)OC(C)(C)C)N2CCN(C(=O)[C@@H]3CN(C(C)(C)C)C[C@H]3c3ccc(Cl)cc3F)[C@@H](C)C2)c(F)c1F. The quantitative estimate of drug-likeness (QED) is 0.346. The summed E-state index contributed by atoms with van der Waals surface area (Å²) in [6, 6.07) is 6.47. The number of nitrogens with zero attached hydrogens (tertiary/aromatic N) is 3. The lowest BCUT2D eigenvalue weighted by atomic mass is 9.87. The monoisotopic (exact) mass is 635 g/mol. The Hall–Kier alpha value is -2.62. The second-order valence-corrected chi connectivity index (χ2v) is 14.7. The van der Waals surface area contributed by atoms with Gasteiger partial charge in [-0.2, -0.15) is 0 Å². The standard InChI is InChI=1S/C34H45ClF3N3O3/c1-20-9-10-22(30(38)29(20)37)15-28(32(43)44-34(6,7)8)39-13-14-41(21(2)17-39)31(42)26-19-40(33(3,4)5)18-25(26)24-12-11-23(35)16-27(24)36/h9-12,16,21,25-26,28H,13-15,17-19H2,1-8H3/t21-,25-,26+,28-/m0/s1. The number of carbonyl (C=O) groups excluding carboxylic acids is 2. The summed E-state index contributed by atoms with van der Waals surface area (Å²) in [7, 11) is 0. The largest absolute Gasteiger partial charge is 0.459 e. The minimum Gasteiger partial charge on any atom is -0.459 e. The molecule has 0 aromatic heterocycles. The van der Waals surface area contributed by atoms with Crippen molar-refractivity contribution in [2.45, 2.75) is 91.0 Å². The van der Waals surface area contributed by atoms with Gasteiger partial charge in [0, 0.05) is 61.7 Å². The van der Waals surface area contributed by atoms with Gasteiger partial charge in [0.2, 0.25) is 5.91 Å². The van der Waals surface area contributed by atoms with Gasteiger partial charge < -0.3 is 9.64 Å². The van der Waals surface area contributed by atoms with Crippen molar-refractivity contribution in [3.8, 4) is 0 Å². The Morgan fingerprint density at radius 3 is 2.25 bits per heavy atom. The van der Waals surface area contributed by atoms with Crippen molar-refractivity contribution in [2.24, 2.45) is 5.92 Å². The number of carbonyl (C=O) groups is 2. The zero-order valence-corrected chi connectivity index (χ0v) is 27.8. The molecule has 0 aliphatic carbocycles. The van der Waals surface area contributed by atoms with Crippen LogP contribution < -0.4 is 0 Å². The summed E-state index contributed by atoms with van der Waals surface area (Å²) in [5.41, 5.74) is -0.233. The molecule has 6 nitrogen and oxygen atoms in total. The van der Waals surface area contributed by atoms with Crippen LogP contribution in [-0.2, 0) is 20.7 Å². The molecule has 44 heavy (non-hydrogen) atoms. The van der Waals surface area contributed by atoms with Gasteiger partial charge in [0.1, 0.15) is 17.5 Å². The number of hydrogen-bond acceptors (Lipinski definition) is 5. The molecule has 0 unspecified atom stereocenters. The number of hydrogen-bond donors (Lipinski definition) is 0. The fourth-order valence-corrected chi connectivity index (χ4v) is 6.47. The summed E-state index contributed by atoms with van der Waals surface area (Å²) in [6.07, 6.45) is -0.0697. The molecule has 0 spiro atoms. The highest BCUT2D eigenvalue weighted by Crippen LogP contribution is 2.39. The zero-order valence-electron chi connectivity index (χ0n) is 27.0. The second kappa shape index (κ2) is 13.0. The third-order valence-corrected chi connectivity index (χ3v) is 9.01. The van der Waals surface area contributed by atoms with Crippen LogP contribution in [0.15, 0.2) is 30.3 Å². The maximum Gasteiger partial charge on any atom is 0.324 e. The van der Waals surface area contributed by atoms with Gasteiger partial charge in [-0.05, 0) is 84.2 Å². The lowest BCUT2D eigenvalue weighted by Crippen LogP contribution is -2.60. The van der Waals surface area contributed by atoms with Crippen LogP contribution in [0.3, 0.4) is 0 Å². The summed E-state index contributed by atoms with van der Waals surface area (Å²) in [4.78, 5) is 33.5. The first-order valence-electron chi connectivity index (χ1n) is 15.3. The number of rotatable bonds is 6. The molecule has 0 saturated carbocycles. The molecule has 2 aliphatic heterocycles. The molecule has 2 aromatic rings. The highest BCUT2D eigenvalue weighted by Gasteiger charge is 2.46. The van der Waals surface area contributed by atoms with E-state index in [9.17, 15) is 18.4 Å². The number of likely N-dealkylation sites (tertiary alicyclic amines) is 1. The number of benzene rings is 2. The summed E-state index contributed by atoms with van der Waals surface area (Å²) < 4.78 is 50.2. The van der Waals surface area contributed by atoms with Gasteiger partial charge in [-0.3, -0.25) is 19.4 Å². The molecule has 2 fully saturated rings. The summed E-state index contributed by atoms with van der Waals surface area (Å²) in [5, 5.41) is 0.303. The molecule has 1 amide bonds. The number of ether oxygens (including phenoxy) is 1. The number of esters is 1. The number of halogens is 4. The van der Waals surface area contributed by atoms with Crippen LogP contribution in [0, 0.1) is 30.3 Å². The molecule has 2 aromatic carbocycles. The molecule has 4 atom stereocenters. The van der Waals surface area contributed by atoms with E-state index in [-0.39, 0.29) is 41.0 Å². The Balaban J connectivity index is 1.57. The molecule has 2 aliphatic rings. The average Bonchev–Trinajstić information content (AvgIpc) is 3.36. The highest BCUT2D eigenvalue weighted by molar-refractivity contribution is 6.30. The molecule has 2 saturated heterocycles. The predicted molar refractivity (Wildman–Crippen MR) is 166 cm³/mol. The summed E-state index contributed by atoms with van der Waals surface area (Å²) >= 11 is 6.03. The van der Waals surface area contributed by atoms with Gasteiger partial charge in [-0.1, -0.05) is 29.8 Å². The van der Waals surface area contributed by atoms with E-state index in [1.165, 1.54) is 25.1 Å². The van der Waals surface area contributed by atoms with E-state index in [0.717, 1.165) is 0 Å². The summed E-state index contributed by atoms with van der Waals surface area (Å²) in [6.45, 7) is 16.9. The van der Waals surface area contributed by atoms with Crippen LogP contribution in [0.2, 0.25) is 5.02 Å². The van der Waals surface area contributed by atoms with Crippen molar-refractivity contribution in [1.82, 2.24) is 14.7 Å². The van der Waals surface area contributed by atoms with E-state index >= 15 is 4.39 Å². The number of aryl methyl sites for hydroxylation is 1. The molecule has 4 rings (SSSR count). The van der Waals surface area contributed by atoms with Gasteiger partial charge in [-0.15, -0.1) is 0 Å². The fourth-order valence-electron chi connectivity index (χ4n) is 6.31. The molecule has 242 valence electrons. The Labute approximate surface area is 264 Å². The van der Waals surface area contributed by atoms with E-state index in [1.54, 1.807) is 32.9 Å². The van der Waals surface area contributed by atoms with Gasteiger partial charge >= 0.3 is 5.97 Å². The first kappa shape index (κ1) is 34.3. The van der Waals surface area contributed by atoms with E-state index in [4.69, 9.17) is 16.3 Å². The third-order valence-electron chi connectivity index (χ3n) is 8.78. The van der Waals surface area contributed by atoms with Crippen LogP contribution in [0.1, 0.15) is 71.1 Å². The lowest BCUT2D eigenvalue weighted by Gasteiger charge is -2.44. The Morgan fingerprint density at radius 1 is 0.977 bits per heavy atom. The Morgan fingerprint density at radius 2 is 1.66 bits per heavy atom. The molecular weight excluding hydrogens is 591 g/mol. The average molecular weight is 636 g/mol. The molecule has 10 heteroatoms. The number of piperazine rings is 1. The van der Waals surface area contributed by atoms with Gasteiger partial charge in [0.05, 0.1) is 5.92 Å². The van der Waals surface area contributed by atoms with Gasteiger partial charge in [-0.25, -0.2) is 13.2 Å². The van der Waals surface area contributed by atoms with E-state index in [1.807, 2.05) is 16.7 Å². The van der Waals surface area contributed by atoms with Crippen LogP contribution in [0.25, 0.3) is 0 Å². The van der Waals surface area contributed by atoms with Crippen LogP contribution in [0.4, 0.5) is 13.2 Å². The van der Waals surface area contributed by atoms with Crippen LogP contribution in [0.5, 0.6) is 0 Å². The van der Waals surface area contributed by atoms with Gasteiger partial charge in [0.15, 0.2) is 11.6 Å². The predicted octanol–water partition coefficient (Wildman–Crippen LogP) is 6.37. The van der Waals surface area contributed by atoms with Crippen molar-refractivity contribution in [3.05, 3.63) is 69.5 Å². The molecule has 2 heterocycles. The fraction of sp³-hybridized carbons (Fsp3) is 0.588. The maximum absolute atomic E-state index is 15.1. The molecule has 0 N–H and O–H groups in total. The van der Waals surface area contributed by atoms with E-state index < -0.39 is 41.0 Å². The normalized spacial score (nSPS) is 22.7. The second-order valence-electron chi connectivity index (χ2n) is 14.3. The van der Waals surface area contributed by atoms with Crippen molar-refractivity contribution in [3.63, 3.8) is 0 Å². The van der Waals surface area contributed by atoms with Crippen molar-refractivity contribution < 1.29 is 27.5 Å². The zero-order chi connectivity index (χ0) is 32.7.